The van der Waals surface area contributed by atoms with Gasteiger partial charge in [-0.2, -0.15) is 0 Å². The van der Waals surface area contributed by atoms with Gasteiger partial charge in [0.1, 0.15) is 0 Å². The Labute approximate surface area is 154 Å². The minimum absolute atomic E-state index is 0.312. The van der Waals surface area contributed by atoms with Crippen molar-refractivity contribution in [2.24, 2.45) is 7.05 Å². The van der Waals surface area contributed by atoms with Gasteiger partial charge in [0.05, 0.1) is 0 Å². The van der Waals surface area contributed by atoms with Gasteiger partial charge in [0.25, 0.3) is 0 Å². The number of hydrogen-bond acceptors (Lipinski definition) is 1. The first-order valence-corrected chi connectivity index (χ1v) is 9.24. The van der Waals surface area contributed by atoms with Gasteiger partial charge in [-0.1, -0.05) is 35.3 Å². The Kier molecular flexibility index (Phi) is 5.39. The van der Waals surface area contributed by atoms with E-state index in [9.17, 15) is 0 Å². The molecule has 128 valence electrons. The molecule has 0 fully saturated rings. The molecular formula is C20H24Cl2N2. The Morgan fingerprint density at radius 2 is 2.08 bits per heavy atom. The van der Waals surface area contributed by atoms with E-state index in [-0.39, 0.29) is 0 Å². The zero-order chi connectivity index (χ0) is 17.3. The second-order valence-electron chi connectivity index (χ2n) is 6.47. The summed E-state index contributed by atoms with van der Waals surface area (Å²) < 4.78 is 2.32. The molecule has 0 spiro atoms. The Morgan fingerprint density at radius 3 is 2.79 bits per heavy atom. The summed E-state index contributed by atoms with van der Waals surface area (Å²) in [4.78, 5) is 0. The summed E-state index contributed by atoms with van der Waals surface area (Å²) in [6, 6.07) is 5.90. The monoisotopic (exact) mass is 362 g/mol. The second kappa shape index (κ2) is 7.35. The van der Waals surface area contributed by atoms with Crippen molar-refractivity contribution >= 4 is 29.3 Å². The van der Waals surface area contributed by atoms with Crippen LogP contribution in [0.2, 0.25) is 10.0 Å². The van der Waals surface area contributed by atoms with Crippen LogP contribution in [-0.4, -0.2) is 18.2 Å². The number of halogens is 2. The number of fused-ring (bicyclic) bond motifs is 1. The van der Waals surface area contributed by atoms with E-state index in [2.05, 4.69) is 42.1 Å². The van der Waals surface area contributed by atoms with Gasteiger partial charge < -0.3 is 9.88 Å². The van der Waals surface area contributed by atoms with Gasteiger partial charge in [-0.05, 0) is 74.7 Å². The van der Waals surface area contributed by atoms with Crippen molar-refractivity contribution < 1.29 is 0 Å². The quantitative estimate of drug-likeness (QED) is 0.776. The van der Waals surface area contributed by atoms with Crippen LogP contribution < -0.4 is 5.32 Å². The molecule has 0 bridgehead atoms. The number of benzene rings is 1. The van der Waals surface area contributed by atoms with E-state index in [1.165, 1.54) is 28.1 Å². The molecule has 0 amide bonds. The Morgan fingerprint density at radius 1 is 1.29 bits per heavy atom. The van der Waals surface area contributed by atoms with Crippen LogP contribution in [0.15, 0.2) is 24.3 Å². The minimum atomic E-state index is 0.312. The van der Waals surface area contributed by atoms with Gasteiger partial charge >= 0.3 is 0 Å². The molecule has 24 heavy (non-hydrogen) atoms. The van der Waals surface area contributed by atoms with E-state index in [0.717, 1.165) is 30.8 Å². The Bertz CT molecular complexity index is 774. The van der Waals surface area contributed by atoms with Crippen molar-refractivity contribution in [2.45, 2.75) is 32.1 Å². The maximum atomic E-state index is 6.56. The smallest absolute Gasteiger partial charge is 0.0459 e. The molecule has 1 aliphatic carbocycles. The normalized spacial score (nSPS) is 17.0. The first-order chi connectivity index (χ1) is 11.5. The van der Waals surface area contributed by atoms with Crippen LogP contribution in [0.4, 0.5) is 0 Å². The molecule has 0 saturated heterocycles. The van der Waals surface area contributed by atoms with Crippen molar-refractivity contribution in [2.75, 3.05) is 13.6 Å². The Hall–Kier alpha value is -1.22. The largest absolute Gasteiger partial charge is 0.348 e. The second-order valence-corrected chi connectivity index (χ2v) is 7.32. The van der Waals surface area contributed by atoms with Crippen LogP contribution in [0.5, 0.6) is 0 Å². The molecule has 2 aromatic rings. The third kappa shape index (κ3) is 3.15. The summed E-state index contributed by atoms with van der Waals surface area (Å²) >= 11 is 12.7. The highest BCUT2D eigenvalue weighted by molar-refractivity contribution is 6.35. The first kappa shape index (κ1) is 17.6. The number of nitrogens with one attached hydrogen (secondary N) is 1. The fourth-order valence-corrected chi connectivity index (χ4v) is 4.31. The molecule has 1 N–H and O–H groups in total. The summed E-state index contributed by atoms with van der Waals surface area (Å²) in [7, 11) is 4.16. The molecule has 0 saturated carbocycles. The number of rotatable bonds is 4. The third-order valence-corrected chi connectivity index (χ3v) is 5.67. The highest BCUT2D eigenvalue weighted by Crippen LogP contribution is 2.42. The highest BCUT2D eigenvalue weighted by atomic mass is 35.5. The molecule has 1 aromatic carbocycles. The number of allylic oxidation sites excluding steroid dienone is 1. The van der Waals surface area contributed by atoms with Crippen LogP contribution in [0, 0.1) is 6.92 Å². The lowest BCUT2D eigenvalue weighted by Gasteiger charge is -2.20. The fourth-order valence-electron chi connectivity index (χ4n) is 3.77. The van der Waals surface area contributed by atoms with Crippen LogP contribution in [-0.2, 0) is 13.5 Å². The van der Waals surface area contributed by atoms with E-state index in [1.807, 2.05) is 19.2 Å². The van der Waals surface area contributed by atoms with Crippen molar-refractivity contribution in [3.63, 3.8) is 0 Å². The predicted molar refractivity (Wildman–Crippen MR) is 104 cm³/mol. The van der Waals surface area contributed by atoms with Crippen LogP contribution in [0.25, 0.3) is 6.08 Å². The van der Waals surface area contributed by atoms with Crippen LogP contribution in [0.3, 0.4) is 0 Å². The minimum Gasteiger partial charge on any atom is -0.348 e. The average Bonchev–Trinajstić information content (AvgIpc) is 2.70. The lowest BCUT2D eigenvalue weighted by atomic mass is 9.85. The van der Waals surface area contributed by atoms with Gasteiger partial charge in [-0.3, -0.25) is 0 Å². The van der Waals surface area contributed by atoms with Gasteiger partial charge in [0.2, 0.25) is 0 Å². The van der Waals surface area contributed by atoms with Gasteiger partial charge in [-0.25, -0.2) is 0 Å². The standard InChI is InChI=1S/C20H24Cl2N2/c1-13-15(10-11-23-2)20-17(6-4-5-7-19(20)24(13)3)16-9-8-14(21)12-18(16)22/h5,7-9,12,17,23H,4,6,10-11H2,1-3H3. The summed E-state index contributed by atoms with van der Waals surface area (Å²) in [5.74, 6) is 0.312. The first-order valence-electron chi connectivity index (χ1n) is 8.48. The van der Waals surface area contributed by atoms with Crippen LogP contribution in [0.1, 0.15) is 46.8 Å². The van der Waals surface area contributed by atoms with Crippen molar-refractivity contribution in [1.82, 2.24) is 9.88 Å². The van der Waals surface area contributed by atoms with E-state index < -0.39 is 0 Å². The van der Waals surface area contributed by atoms with Crippen LogP contribution >= 0.6 is 23.2 Å². The highest BCUT2D eigenvalue weighted by Gasteiger charge is 2.27. The zero-order valence-electron chi connectivity index (χ0n) is 14.5. The maximum absolute atomic E-state index is 6.56. The molecule has 3 rings (SSSR count). The van der Waals surface area contributed by atoms with E-state index in [4.69, 9.17) is 23.2 Å². The van der Waals surface area contributed by atoms with E-state index in [0.29, 0.717) is 10.9 Å². The summed E-state index contributed by atoms with van der Waals surface area (Å²) in [5.41, 5.74) is 6.72. The zero-order valence-corrected chi connectivity index (χ0v) is 16.0. The lowest BCUT2D eigenvalue weighted by molar-refractivity contribution is 0.716. The fraction of sp³-hybridized carbons (Fsp3) is 0.400. The SMILES string of the molecule is CNCCc1c2c(n(C)c1C)C=CCCC2c1ccc(Cl)cc1Cl. The summed E-state index contributed by atoms with van der Waals surface area (Å²) in [6.07, 6.45) is 7.71. The molecular weight excluding hydrogens is 339 g/mol. The molecule has 1 atom stereocenters. The molecule has 4 heteroatoms. The number of aromatic nitrogens is 1. The van der Waals surface area contributed by atoms with Crippen molar-refractivity contribution in [3.8, 4) is 0 Å². The molecule has 0 radical (unpaired) electrons. The molecule has 1 aliphatic rings. The van der Waals surface area contributed by atoms with Crippen molar-refractivity contribution in [3.05, 3.63) is 62.4 Å². The number of likely N-dealkylation sites (N-methyl/N-ethyl adjacent to an activating group) is 1. The number of nitrogens with zero attached hydrogens (tertiary/aromatic N) is 1. The van der Waals surface area contributed by atoms with E-state index in [1.54, 1.807) is 0 Å². The number of hydrogen-bond donors (Lipinski definition) is 1. The Balaban J connectivity index is 2.17. The van der Waals surface area contributed by atoms with Gasteiger partial charge in [-0.15, -0.1) is 0 Å². The molecule has 1 heterocycles. The summed E-state index contributed by atoms with van der Waals surface area (Å²) in [5, 5.41) is 4.73. The third-order valence-electron chi connectivity index (χ3n) is 5.11. The maximum Gasteiger partial charge on any atom is 0.0459 e. The van der Waals surface area contributed by atoms with Gasteiger partial charge in [0, 0.05) is 34.4 Å². The predicted octanol–water partition coefficient (Wildman–Crippen LogP) is 5.34. The topological polar surface area (TPSA) is 17.0 Å². The molecule has 1 aromatic heterocycles. The lowest BCUT2D eigenvalue weighted by Crippen LogP contribution is -2.13. The molecule has 1 unspecified atom stereocenters. The molecule has 0 aliphatic heterocycles. The van der Waals surface area contributed by atoms with E-state index >= 15 is 0 Å². The molecule has 2 nitrogen and oxygen atoms in total. The van der Waals surface area contributed by atoms with Crippen molar-refractivity contribution in [1.29, 1.82) is 0 Å². The average molecular weight is 363 g/mol. The van der Waals surface area contributed by atoms with Gasteiger partial charge in [0.15, 0.2) is 0 Å². The summed E-state index contributed by atoms with van der Waals surface area (Å²) in [6.45, 7) is 3.19.